The van der Waals surface area contributed by atoms with Crippen molar-refractivity contribution in [2.45, 2.75) is 0 Å². The molecule has 0 saturated heterocycles. The van der Waals surface area contributed by atoms with E-state index in [1.165, 1.54) is 11.3 Å². The molecule has 3 nitrogen and oxygen atoms in total. The van der Waals surface area contributed by atoms with Crippen LogP contribution in [-0.4, -0.2) is 10.9 Å². The summed E-state index contributed by atoms with van der Waals surface area (Å²) in [5.74, 6) is -0.522. The number of hydrogen-bond acceptors (Lipinski definition) is 3. The minimum atomic E-state index is -0.522. The molecular formula is C10H7ClN2OS. The molecule has 0 aliphatic rings. The number of amides is 1. The molecule has 1 amide bonds. The molecule has 76 valence electrons. The molecule has 2 N–H and O–H groups in total. The van der Waals surface area contributed by atoms with E-state index in [9.17, 15) is 4.79 Å². The summed E-state index contributed by atoms with van der Waals surface area (Å²) in [5.41, 5.74) is 8.17. The van der Waals surface area contributed by atoms with Crippen LogP contribution in [0.15, 0.2) is 29.9 Å². The first-order valence-corrected chi connectivity index (χ1v) is 5.42. The number of thiazole rings is 1. The average molecular weight is 239 g/mol. The molecule has 5 heteroatoms. The predicted octanol–water partition coefficient (Wildman–Crippen LogP) is 2.56. The smallest absolute Gasteiger partial charge is 0.250 e. The standard InChI is InChI=1S/C10H7ClN2OS/c11-8-2-1-6(3-7(8)10(12)14)9-4-13-5-15-9/h1-5H,(H2,12,14). The number of rotatable bonds is 2. The number of hydrogen-bond donors (Lipinski definition) is 1. The molecule has 1 heterocycles. The molecular weight excluding hydrogens is 232 g/mol. The van der Waals surface area contributed by atoms with Crippen molar-refractivity contribution in [2.75, 3.05) is 0 Å². The molecule has 0 aliphatic carbocycles. The van der Waals surface area contributed by atoms with Gasteiger partial charge in [-0.3, -0.25) is 9.78 Å². The molecule has 0 bridgehead atoms. The minimum absolute atomic E-state index is 0.336. The Labute approximate surface area is 95.5 Å². The van der Waals surface area contributed by atoms with Crippen LogP contribution in [0.4, 0.5) is 0 Å². The lowest BCUT2D eigenvalue weighted by molar-refractivity contribution is 0.100. The number of primary amides is 1. The molecule has 0 atom stereocenters. The van der Waals surface area contributed by atoms with Crippen molar-refractivity contribution in [3.63, 3.8) is 0 Å². The van der Waals surface area contributed by atoms with Crippen LogP contribution in [0, 0.1) is 0 Å². The maximum atomic E-state index is 11.1. The summed E-state index contributed by atoms with van der Waals surface area (Å²) in [6, 6.07) is 5.18. The fraction of sp³-hybridized carbons (Fsp3) is 0. The van der Waals surface area contributed by atoms with Gasteiger partial charge < -0.3 is 5.73 Å². The van der Waals surface area contributed by atoms with E-state index >= 15 is 0 Å². The zero-order chi connectivity index (χ0) is 10.8. The van der Waals surface area contributed by atoms with Crippen molar-refractivity contribution in [1.29, 1.82) is 0 Å². The van der Waals surface area contributed by atoms with Crippen LogP contribution < -0.4 is 5.73 Å². The molecule has 2 rings (SSSR count). The van der Waals surface area contributed by atoms with Gasteiger partial charge in [0.2, 0.25) is 5.91 Å². The normalized spacial score (nSPS) is 10.2. The van der Waals surface area contributed by atoms with Gasteiger partial charge >= 0.3 is 0 Å². The second kappa shape index (κ2) is 4.00. The lowest BCUT2D eigenvalue weighted by Crippen LogP contribution is -2.11. The highest BCUT2D eigenvalue weighted by atomic mass is 35.5. The first-order chi connectivity index (χ1) is 7.18. The summed E-state index contributed by atoms with van der Waals surface area (Å²) < 4.78 is 0. The highest BCUT2D eigenvalue weighted by Gasteiger charge is 2.08. The van der Waals surface area contributed by atoms with Gasteiger partial charge in [0.25, 0.3) is 0 Å². The Morgan fingerprint density at radius 1 is 1.47 bits per heavy atom. The van der Waals surface area contributed by atoms with Crippen molar-refractivity contribution < 1.29 is 4.79 Å². The second-order valence-electron chi connectivity index (χ2n) is 2.92. The number of carbonyl (C=O) groups is 1. The third-order valence-electron chi connectivity index (χ3n) is 1.95. The molecule has 1 aromatic heterocycles. The molecule has 0 saturated carbocycles. The van der Waals surface area contributed by atoms with E-state index in [0.29, 0.717) is 10.6 Å². The van der Waals surface area contributed by atoms with Crippen molar-refractivity contribution >= 4 is 28.8 Å². The van der Waals surface area contributed by atoms with Crippen molar-refractivity contribution in [1.82, 2.24) is 4.98 Å². The van der Waals surface area contributed by atoms with Gasteiger partial charge in [-0.2, -0.15) is 0 Å². The van der Waals surface area contributed by atoms with Crippen LogP contribution >= 0.6 is 22.9 Å². The molecule has 0 aliphatic heterocycles. The first kappa shape index (κ1) is 10.1. The Balaban J connectivity index is 2.52. The Kier molecular flexibility index (Phi) is 2.70. The third kappa shape index (κ3) is 2.00. The van der Waals surface area contributed by atoms with Crippen LogP contribution in [0.25, 0.3) is 10.4 Å². The Morgan fingerprint density at radius 2 is 2.27 bits per heavy atom. The van der Waals surface area contributed by atoms with E-state index in [1.807, 2.05) is 6.07 Å². The number of aromatic nitrogens is 1. The quantitative estimate of drug-likeness (QED) is 0.874. The summed E-state index contributed by atoms with van der Waals surface area (Å²) in [7, 11) is 0. The number of halogens is 1. The fourth-order valence-corrected chi connectivity index (χ4v) is 2.06. The second-order valence-corrected chi connectivity index (χ2v) is 4.22. The van der Waals surface area contributed by atoms with Crippen LogP contribution in [-0.2, 0) is 0 Å². The molecule has 1 aromatic carbocycles. The highest BCUT2D eigenvalue weighted by molar-refractivity contribution is 7.13. The molecule has 0 spiro atoms. The number of benzene rings is 1. The summed E-state index contributed by atoms with van der Waals surface area (Å²) in [4.78, 5) is 16.0. The fourth-order valence-electron chi connectivity index (χ4n) is 1.23. The molecule has 0 fully saturated rings. The van der Waals surface area contributed by atoms with E-state index in [0.717, 1.165) is 10.4 Å². The zero-order valence-corrected chi connectivity index (χ0v) is 9.18. The molecule has 0 radical (unpaired) electrons. The summed E-state index contributed by atoms with van der Waals surface area (Å²) in [5, 5.41) is 0.371. The van der Waals surface area contributed by atoms with Gasteiger partial charge in [0.15, 0.2) is 0 Å². The minimum Gasteiger partial charge on any atom is -0.366 e. The van der Waals surface area contributed by atoms with Gasteiger partial charge in [-0.15, -0.1) is 11.3 Å². The van der Waals surface area contributed by atoms with E-state index in [-0.39, 0.29) is 0 Å². The largest absolute Gasteiger partial charge is 0.366 e. The monoisotopic (exact) mass is 238 g/mol. The lowest BCUT2D eigenvalue weighted by Gasteiger charge is -2.02. The van der Waals surface area contributed by atoms with E-state index in [2.05, 4.69) is 4.98 Å². The summed E-state index contributed by atoms with van der Waals surface area (Å²) in [6.45, 7) is 0. The maximum absolute atomic E-state index is 11.1. The zero-order valence-electron chi connectivity index (χ0n) is 7.61. The Bertz CT molecular complexity index is 496. The van der Waals surface area contributed by atoms with Gasteiger partial charge in [-0.1, -0.05) is 17.7 Å². The topological polar surface area (TPSA) is 56.0 Å². The number of carbonyl (C=O) groups excluding carboxylic acids is 1. The van der Waals surface area contributed by atoms with E-state index < -0.39 is 5.91 Å². The Morgan fingerprint density at radius 3 is 2.87 bits per heavy atom. The van der Waals surface area contributed by atoms with Crippen molar-refractivity contribution in [3.05, 3.63) is 40.5 Å². The maximum Gasteiger partial charge on any atom is 0.250 e. The first-order valence-electron chi connectivity index (χ1n) is 4.16. The van der Waals surface area contributed by atoms with Crippen LogP contribution in [0.1, 0.15) is 10.4 Å². The average Bonchev–Trinajstić information content (AvgIpc) is 2.71. The van der Waals surface area contributed by atoms with Gasteiger partial charge in [0.1, 0.15) is 0 Å². The summed E-state index contributed by atoms with van der Waals surface area (Å²) in [6.07, 6.45) is 1.73. The van der Waals surface area contributed by atoms with Gasteiger partial charge in [-0.25, -0.2) is 0 Å². The van der Waals surface area contributed by atoms with Crippen molar-refractivity contribution in [2.24, 2.45) is 5.73 Å². The summed E-state index contributed by atoms with van der Waals surface area (Å²) >= 11 is 7.34. The van der Waals surface area contributed by atoms with E-state index in [1.54, 1.807) is 23.8 Å². The molecule has 15 heavy (non-hydrogen) atoms. The lowest BCUT2D eigenvalue weighted by atomic mass is 10.1. The number of nitrogens with zero attached hydrogens (tertiary/aromatic N) is 1. The van der Waals surface area contributed by atoms with Crippen LogP contribution in [0.5, 0.6) is 0 Å². The molecule has 2 aromatic rings. The van der Waals surface area contributed by atoms with Crippen LogP contribution in [0.2, 0.25) is 5.02 Å². The van der Waals surface area contributed by atoms with Gasteiger partial charge in [0.05, 0.1) is 21.0 Å². The predicted molar refractivity (Wildman–Crippen MR) is 61.1 cm³/mol. The van der Waals surface area contributed by atoms with Gasteiger partial charge in [0, 0.05) is 6.20 Å². The number of nitrogens with two attached hydrogens (primary N) is 1. The highest BCUT2D eigenvalue weighted by Crippen LogP contribution is 2.27. The van der Waals surface area contributed by atoms with Crippen molar-refractivity contribution in [3.8, 4) is 10.4 Å². The Hall–Kier alpha value is -1.39. The van der Waals surface area contributed by atoms with Crippen LogP contribution in [0.3, 0.4) is 0 Å². The van der Waals surface area contributed by atoms with Gasteiger partial charge in [-0.05, 0) is 17.7 Å². The third-order valence-corrected chi connectivity index (χ3v) is 3.10. The van der Waals surface area contributed by atoms with E-state index in [4.69, 9.17) is 17.3 Å². The molecule has 0 unspecified atom stereocenters. The SMILES string of the molecule is NC(=O)c1cc(-c2cncs2)ccc1Cl.